The summed E-state index contributed by atoms with van der Waals surface area (Å²) in [5.41, 5.74) is 0. The summed E-state index contributed by atoms with van der Waals surface area (Å²) < 4.78 is 66.1. The highest BCUT2D eigenvalue weighted by molar-refractivity contribution is 7.47. The zero-order valence-corrected chi connectivity index (χ0v) is 41.5. The molecule has 64 heavy (non-hydrogen) atoms. The molecule has 0 heterocycles. The normalized spacial score (nSPS) is 14.8. The average molecular weight is 961 g/mol. The molecule has 2 unspecified atom stereocenters. The number of aliphatic hydroxyl groups is 1. The fourth-order valence-electron chi connectivity index (χ4n) is 6.31. The van der Waals surface area contributed by atoms with Crippen LogP contribution >= 0.6 is 15.6 Å². The molecule has 378 valence electrons. The van der Waals surface area contributed by atoms with Crippen LogP contribution in [0.3, 0.4) is 0 Å². The van der Waals surface area contributed by atoms with E-state index in [-0.39, 0.29) is 25.7 Å². The van der Waals surface area contributed by atoms with E-state index in [1.54, 1.807) is 6.92 Å². The number of carbonyl (C=O) groups is 4. The quantitative estimate of drug-likeness (QED) is 0.0222. The minimum absolute atomic E-state index is 0.100. The van der Waals surface area contributed by atoms with Crippen LogP contribution in [-0.4, -0.2) is 96.7 Å². The van der Waals surface area contributed by atoms with Crippen LogP contribution in [0.5, 0.6) is 0 Å². The predicted molar refractivity (Wildman–Crippen MR) is 243 cm³/mol. The molecule has 0 spiro atoms. The van der Waals surface area contributed by atoms with E-state index in [1.165, 1.54) is 51.4 Å². The number of rotatable bonds is 46. The molecule has 0 saturated heterocycles. The molecule has 0 amide bonds. The number of phosphoric acid groups is 2. The molecule has 0 aromatic carbocycles. The number of hydrogen-bond donors (Lipinski definition) is 3. The molecule has 0 aliphatic carbocycles. The lowest BCUT2D eigenvalue weighted by Crippen LogP contribution is -2.30. The number of aliphatic hydroxyl groups excluding tert-OH is 1. The van der Waals surface area contributed by atoms with E-state index in [2.05, 4.69) is 13.8 Å². The van der Waals surface area contributed by atoms with Gasteiger partial charge in [-0.2, -0.15) is 0 Å². The molecular formula is C45H86O17P2. The van der Waals surface area contributed by atoms with Crippen molar-refractivity contribution in [3.63, 3.8) is 0 Å². The van der Waals surface area contributed by atoms with Gasteiger partial charge in [-0.3, -0.25) is 37.3 Å². The third kappa shape index (κ3) is 40.3. The summed E-state index contributed by atoms with van der Waals surface area (Å²) in [6.45, 7) is 4.17. The maximum absolute atomic E-state index is 12.7. The molecule has 5 atom stereocenters. The van der Waals surface area contributed by atoms with Gasteiger partial charge in [0.2, 0.25) is 0 Å². The average Bonchev–Trinajstić information content (AvgIpc) is 3.25. The first kappa shape index (κ1) is 62.1. The van der Waals surface area contributed by atoms with E-state index in [4.69, 9.17) is 37.0 Å². The zero-order chi connectivity index (χ0) is 47.7. The number of ether oxygens (including phenoxy) is 4. The minimum Gasteiger partial charge on any atom is -0.462 e. The fraction of sp³-hybridized carbons (Fsp3) is 0.911. The van der Waals surface area contributed by atoms with E-state index >= 15 is 0 Å². The molecule has 0 bridgehead atoms. The first-order valence-electron chi connectivity index (χ1n) is 24.3. The molecule has 0 fully saturated rings. The predicted octanol–water partition coefficient (Wildman–Crippen LogP) is 10.5. The molecule has 0 aromatic rings. The van der Waals surface area contributed by atoms with Crippen molar-refractivity contribution in [1.82, 2.24) is 0 Å². The van der Waals surface area contributed by atoms with Crippen molar-refractivity contribution < 1.29 is 80.2 Å². The van der Waals surface area contributed by atoms with E-state index < -0.39 is 97.5 Å². The summed E-state index contributed by atoms with van der Waals surface area (Å²) in [7, 11) is -9.80. The molecular weight excluding hydrogens is 874 g/mol. The van der Waals surface area contributed by atoms with Gasteiger partial charge in [0, 0.05) is 25.7 Å². The van der Waals surface area contributed by atoms with E-state index in [0.29, 0.717) is 25.7 Å². The van der Waals surface area contributed by atoms with Crippen LogP contribution in [0.2, 0.25) is 0 Å². The van der Waals surface area contributed by atoms with Gasteiger partial charge in [0.1, 0.15) is 19.3 Å². The minimum atomic E-state index is -4.90. The van der Waals surface area contributed by atoms with Gasteiger partial charge in [-0.25, -0.2) is 9.13 Å². The lowest BCUT2D eigenvalue weighted by molar-refractivity contribution is -0.161. The van der Waals surface area contributed by atoms with Crippen molar-refractivity contribution in [2.75, 3.05) is 39.6 Å². The Kier molecular flexibility index (Phi) is 40.0. The second-order valence-electron chi connectivity index (χ2n) is 16.4. The monoisotopic (exact) mass is 961 g/mol. The Morgan fingerprint density at radius 1 is 0.375 bits per heavy atom. The summed E-state index contributed by atoms with van der Waals surface area (Å²) >= 11 is 0. The molecule has 0 rings (SSSR count). The Hall–Kier alpha value is -1.94. The van der Waals surface area contributed by atoms with Crippen LogP contribution in [0.15, 0.2) is 0 Å². The Morgan fingerprint density at radius 2 is 0.656 bits per heavy atom. The van der Waals surface area contributed by atoms with Gasteiger partial charge in [0.25, 0.3) is 0 Å². The Morgan fingerprint density at radius 3 is 1.00 bits per heavy atom. The second-order valence-corrected chi connectivity index (χ2v) is 19.3. The molecule has 0 aliphatic rings. The van der Waals surface area contributed by atoms with Crippen LogP contribution in [-0.2, 0) is 65.4 Å². The SMILES string of the molecule is CCCCCCCCCCCCCCCC(=O)O[C@H](COC(=O)CCC)COP(=O)(O)OC[C@@H](O)COP(=O)(O)OC[C@@H](COC(=O)CCCCCC)OC(=O)CCCCCCCC. The Labute approximate surface area is 384 Å². The maximum atomic E-state index is 12.7. The van der Waals surface area contributed by atoms with Crippen LogP contribution in [0.25, 0.3) is 0 Å². The third-order valence-corrected chi connectivity index (χ3v) is 12.0. The molecule has 19 heteroatoms. The highest BCUT2D eigenvalue weighted by Gasteiger charge is 2.30. The number of carbonyl (C=O) groups excluding carboxylic acids is 4. The third-order valence-electron chi connectivity index (χ3n) is 10.1. The molecule has 17 nitrogen and oxygen atoms in total. The van der Waals surface area contributed by atoms with Gasteiger partial charge in [-0.05, 0) is 25.7 Å². The van der Waals surface area contributed by atoms with Crippen LogP contribution < -0.4 is 0 Å². The summed E-state index contributed by atoms with van der Waals surface area (Å²) in [6.07, 6.45) is 20.8. The summed E-state index contributed by atoms with van der Waals surface area (Å²) in [5, 5.41) is 10.3. The molecule has 0 aliphatic heterocycles. The number of hydrogen-bond acceptors (Lipinski definition) is 15. The van der Waals surface area contributed by atoms with Crippen molar-refractivity contribution in [3.05, 3.63) is 0 Å². The summed E-state index contributed by atoms with van der Waals surface area (Å²) in [5.74, 6) is -2.24. The topological polar surface area (TPSA) is 237 Å². The van der Waals surface area contributed by atoms with E-state index in [9.17, 15) is 43.2 Å². The van der Waals surface area contributed by atoms with Crippen molar-refractivity contribution in [2.24, 2.45) is 0 Å². The van der Waals surface area contributed by atoms with Crippen LogP contribution in [0.4, 0.5) is 0 Å². The van der Waals surface area contributed by atoms with Crippen molar-refractivity contribution in [1.29, 1.82) is 0 Å². The number of phosphoric ester groups is 2. The lowest BCUT2D eigenvalue weighted by Gasteiger charge is -2.21. The first-order chi connectivity index (χ1) is 30.7. The van der Waals surface area contributed by atoms with Gasteiger partial charge >= 0.3 is 39.5 Å². The number of esters is 4. The fourth-order valence-corrected chi connectivity index (χ4v) is 7.89. The molecule has 0 saturated carbocycles. The Balaban J connectivity index is 4.91. The lowest BCUT2D eigenvalue weighted by atomic mass is 10.0. The van der Waals surface area contributed by atoms with E-state index in [0.717, 1.165) is 77.0 Å². The Bertz CT molecular complexity index is 1290. The van der Waals surface area contributed by atoms with Gasteiger partial charge < -0.3 is 33.8 Å². The first-order valence-corrected chi connectivity index (χ1v) is 27.3. The summed E-state index contributed by atoms with van der Waals surface area (Å²) in [4.78, 5) is 69.9. The van der Waals surface area contributed by atoms with Gasteiger partial charge in [-0.1, -0.05) is 156 Å². The molecule has 0 aromatic heterocycles. The smallest absolute Gasteiger partial charge is 0.462 e. The highest BCUT2D eigenvalue weighted by Crippen LogP contribution is 2.45. The largest absolute Gasteiger partial charge is 0.472 e. The second kappa shape index (κ2) is 41.3. The zero-order valence-electron chi connectivity index (χ0n) is 39.7. The highest BCUT2D eigenvalue weighted by atomic mass is 31.2. The summed E-state index contributed by atoms with van der Waals surface area (Å²) in [6, 6.07) is 0. The van der Waals surface area contributed by atoms with Gasteiger partial charge in [0.15, 0.2) is 12.2 Å². The van der Waals surface area contributed by atoms with Crippen molar-refractivity contribution in [3.8, 4) is 0 Å². The van der Waals surface area contributed by atoms with Gasteiger partial charge in [0.05, 0.1) is 26.4 Å². The van der Waals surface area contributed by atoms with Crippen molar-refractivity contribution in [2.45, 2.75) is 226 Å². The van der Waals surface area contributed by atoms with Crippen LogP contribution in [0, 0.1) is 0 Å². The van der Waals surface area contributed by atoms with E-state index in [1.807, 2.05) is 6.92 Å². The van der Waals surface area contributed by atoms with Gasteiger partial charge in [-0.15, -0.1) is 0 Å². The molecule has 3 N–H and O–H groups in total. The molecule has 0 radical (unpaired) electrons. The number of unbranched alkanes of at least 4 members (excludes halogenated alkanes) is 20. The standard InChI is InChI=1S/C45H86O17P2/c1-5-9-12-15-17-18-19-20-21-22-23-25-28-32-45(50)61-40(35-55-42(47)29-8-4)37-59-63(51,52)57-33-39(46)34-58-64(53,54)60-38-41(36-56-43(48)30-26-14-11-7-3)62-44(49)31-27-24-16-13-10-6-2/h39-41,46H,5-38H2,1-4H3,(H,51,52)(H,53,54)/t39-,40-,41-/m1/s1. The van der Waals surface area contributed by atoms with Crippen molar-refractivity contribution >= 4 is 39.5 Å². The maximum Gasteiger partial charge on any atom is 0.472 e. The van der Waals surface area contributed by atoms with Crippen LogP contribution in [0.1, 0.15) is 207 Å².